The van der Waals surface area contributed by atoms with Crippen molar-refractivity contribution in [3.05, 3.63) is 76.2 Å². The summed E-state index contributed by atoms with van der Waals surface area (Å²) in [6.45, 7) is -0.350. The number of nitrogens with zero attached hydrogens (tertiary/aromatic N) is 2. The molecule has 0 saturated carbocycles. The Morgan fingerprint density at radius 1 is 1.04 bits per heavy atom. The minimum atomic E-state index is -0.983. The van der Waals surface area contributed by atoms with Gasteiger partial charge in [0, 0.05) is 6.42 Å². The zero-order valence-electron chi connectivity index (χ0n) is 12.6. The van der Waals surface area contributed by atoms with Crippen LogP contribution in [0.25, 0.3) is 11.0 Å². The molecule has 1 aromatic heterocycles. The van der Waals surface area contributed by atoms with Crippen LogP contribution < -0.4 is 5.56 Å². The summed E-state index contributed by atoms with van der Waals surface area (Å²) in [5, 5.41) is 18.8. The van der Waals surface area contributed by atoms with Crippen molar-refractivity contribution in [2.24, 2.45) is 0 Å². The predicted molar refractivity (Wildman–Crippen MR) is 88.3 cm³/mol. The maximum Gasteiger partial charge on any atom is 0.273 e. The van der Waals surface area contributed by atoms with E-state index in [-0.39, 0.29) is 12.1 Å². The maximum absolute atomic E-state index is 12.7. The molecular formula is C18H18N2O3. The maximum atomic E-state index is 12.7. The van der Waals surface area contributed by atoms with Gasteiger partial charge in [0.2, 0.25) is 0 Å². The van der Waals surface area contributed by atoms with Crippen molar-refractivity contribution in [3.63, 3.8) is 0 Å². The fourth-order valence-corrected chi connectivity index (χ4v) is 2.60. The molecule has 3 aromatic rings. The number of hydrogen-bond acceptors (Lipinski definition) is 4. The van der Waals surface area contributed by atoms with Crippen molar-refractivity contribution in [3.8, 4) is 0 Å². The molecule has 0 spiro atoms. The largest absolute Gasteiger partial charge is 0.394 e. The second-order valence-corrected chi connectivity index (χ2v) is 5.46. The van der Waals surface area contributed by atoms with E-state index >= 15 is 0 Å². The molecule has 0 aliphatic rings. The third kappa shape index (κ3) is 3.31. The average Bonchev–Trinajstić information content (AvgIpc) is 2.59. The molecule has 0 unspecified atom stereocenters. The summed E-state index contributed by atoms with van der Waals surface area (Å²) in [4.78, 5) is 17.2. The third-order valence-electron chi connectivity index (χ3n) is 3.74. The fourth-order valence-electron chi connectivity index (χ4n) is 2.60. The van der Waals surface area contributed by atoms with Crippen molar-refractivity contribution in [2.75, 3.05) is 6.61 Å². The van der Waals surface area contributed by atoms with Gasteiger partial charge in [-0.3, -0.25) is 4.79 Å². The van der Waals surface area contributed by atoms with Gasteiger partial charge in [0.15, 0.2) is 0 Å². The second kappa shape index (κ2) is 6.73. The minimum absolute atomic E-state index is 0.0418. The van der Waals surface area contributed by atoms with E-state index < -0.39 is 12.7 Å². The van der Waals surface area contributed by atoms with E-state index in [1.54, 1.807) is 6.07 Å². The Morgan fingerprint density at radius 3 is 2.48 bits per heavy atom. The van der Waals surface area contributed by atoms with Crippen molar-refractivity contribution >= 4 is 11.0 Å². The number of hydrogen-bond donors (Lipinski definition) is 2. The molecule has 5 heteroatoms. The van der Waals surface area contributed by atoms with Crippen LogP contribution in [0, 0.1) is 0 Å². The van der Waals surface area contributed by atoms with E-state index in [2.05, 4.69) is 4.98 Å². The number of fused-ring (bicyclic) bond motifs is 1. The minimum Gasteiger partial charge on any atom is -0.394 e. The molecule has 0 bridgehead atoms. The van der Waals surface area contributed by atoms with Gasteiger partial charge in [-0.15, -0.1) is 0 Å². The van der Waals surface area contributed by atoms with Crippen LogP contribution in [0.5, 0.6) is 0 Å². The molecule has 0 saturated heterocycles. The molecule has 118 valence electrons. The van der Waals surface area contributed by atoms with E-state index in [1.807, 2.05) is 48.5 Å². The highest BCUT2D eigenvalue weighted by Gasteiger charge is 2.14. The van der Waals surface area contributed by atoms with Gasteiger partial charge in [-0.2, -0.15) is 0 Å². The standard InChI is InChI=1S/C18H18N2O3/c21-12-14(22)11-20-17-9-5-4-8-15(17)19-16(18(20)23)10-13-6-2-1-3-7-13/h1-9,14,21-22H,10-12H2/t14-/m0/s1. The van der Waals surface area contributed by atoms with Crippen molar-refractivity contribution in [2.45, 2.75) is 19.1 Å². The lowest BCUT2D eigenvalue weighted by Crippen LogP contribution is -2.31. The van der Waals surface area contributed by atoms with Gasteiger partial charge in [0.1, 0.15) is 5.69 Å². The quantitative estimate of drug-likeness (QED) is 0.746. The summed E-state index contributed by atoms with van der Waals surface area (Å²) in [6, 6.07) is 17.0. The predicted octanol–water partition coefficient (Wildman–Crippen LogP) is 1.34. The SMILES string of the molecule is O=c1c(Cc2ccccc2)nc2ccccc2n1C[C@H](O)CO. The molecule has 3 rings (SSSR count). The Balaban J connectivity index is 2.12. The Bertz CT molecular complexity index is 859. The van der Waals surface area contributed by atoms with E-state index in [1.165, 1.54) is 4.57 Å². The molecule has 1 heterocycles. The number of benzene rings is 2. The Labute approximate surface area is 133 Å². The lowest BCUT2D eigenvalue weighted by molar-refractivity contribution is 0.0813. The normalized spacial score (nSPS) is 12.4. The molecule has 2 aromatic carbocycles. The second-order valence-electron chi connectivity index (χ2n) is 5.46. The van der Waals surface area contributed by atoms with Gasteiger partial charge in [-0.05, 0) is 17.7 Å². The number of aromatic nitrogens is 2. The zero-order chi connectivity index (χ0) is 16.2. The number of rotatable bonds is 5. The van der Waals surface area contributed by atoms with Crippen LogP contribution in [-0.4, -0.2) is 32.5 Å². The number of aliphatic hydroxyl groups excluding tert-OH is 2. The van der Waals surface area contributed by atoms with Crippen LogP contribution in [0.1, 0.15) is 11.3 Å². The van der Waals surface area contributed by atoms with Gasteiger partial charge in [-0.1, -0.05) is 42.5 Å². The fraction of sp³-hybridized carbons (Fsp3) is 0.222. The van der Waals surface area contributed by atoms with Crippen LogP contribution in [0.4, 0.5) is 0 Å². The van der Waals surface area contributed by atoms with Crippen molar-refractivity contribution in [1.29, 1.82) is 0 Å². The smallest absolute Gasteiger partial charge is 0.273 e. The summed E-state index contributed by atoms with van der Waals surface area (Å²) in [5.41, 5.74) is 2.55. The number of para-hydroxylation sites is 2. The van der Waals surface area contributed by atoms with Gasteiger partial charge >= 0.3 is 0 Å². The number of aliphatic hydroxyl groups is 2. The lowest BCUT2D eigenvalue weighted by Gasteiger charge is -2.14. The van der Waals surface area contributed by atoms with E-state index in [0.29, 0.717) is 23.1 Å². The highest BCUT2D eigenvalue weighted by Crippen LogP contribution is 2.12. The first kappa shape index (κ1) is 15.4. The van der Waals surface area contributed by atoms with Gasteiger partial charge in [-0.25, -0.2) is 4.98 Å². The topological polar surface area (TPSA) is 75.4 Å². The van der Waals surface area contributed by atoms with Crippen LogP contribution >= 0.6 is 0 Å². The van der Waals surface area contributed by atoms with E-state index in [0.717, 1.165) is 5.56 Å². The molecule has 2 N–H and O–H groups in total. The molecule has 0 aliphatic carbocycles. The highest BCUT2D eigenvalue weighted by molar-refractivity contribution is 5.74. The molecule has 23 heavy (non-hydrogen) atoms. The summed E-state index contributed by atoms with van der Waals surface area (Å²) < 4.78 is 1.49. The molecule has 0 aliphatic heterocycles. The molecule has 5 nitrogen and oxygen atoms in total. The van der Waals surface area contributed by atoms with Crippen LogP contribution in [0.15, 0.2) is 59.4 Å². The van der Waals surface area contributed by atoms with Gasteiger partial charge in [0.05, 0.1) is 30.3 Å². The Kier molecular flexibility index (Phi) is 4.50. The van der Waals surface area contributed by atoms with Crippen molar-refractivity contribution < 1.29 is 10.2 Å². The first-order valence-electron chi connectivity index (χ1n) is 7.50. The molecule has 0 amide bonds. The van der Waals surface area contributed by atoms with Crippen LogP contribution in [0.3, 0.4) is 0 Å². The summed E-state index contributed by atoms with van der Waals surface area (Å²) in [6.07, 6.45) is -0.553. The van der Waals surface area contributed by atoms with Gasteiger partial charge < -0.3 is 14.8 Å². The molecule has 0 fully saturated rings. The third-order valence-corrected chi connectivity index (χ3v) is 3.74. The summed E-state index contributed by atoms with van der Waals surface area (Å²) in [7, 11) is 0. The molecule has 1 atom stereocenters. The van der Waals surface area contributed by atoms with Crippen molar-refractivity contribution in [1.82, 2.24) is 9.55 Å². The first-order valence-corrected chi connectivity index (χ1v) is 7.50. The zero-order valence-corrected chi connectivity index (χ0v) is 12.6. The monoisotopic (exact) mass is 310 g/mol. The Morgan fingerprint density at radius 2 is 1.74 bits per heavy atom. The van der Waals surface area contributed by atoms with E-state index in [9.17, 15) is 9.90 Å². The van der Waals surface area contributed by atoms with Crippen LogP contribution in [0.2, 0.25) is 0 Å². The molecular weight excluding hydrogens is 292 g/mol. The first-order chi connectivity index (χ1) is 11.2. The highest BCUT2D eigenvalue weighted by atomic mass is 16.3. The Hall–Kier alpha value is -2.50. The molecule has 0 radical (unpaired) electrons. The average molecular weight is 310 g/mol. The van der Waals surface area contributed by atoms with Crippen LogP contribution in [-0.2, 0) is 13.0 Å². The summed E-state index contributed by atoms with van der Waals surface area (Å²) in [5.74, 6) is 0. The van der Waals surface area contributed by atoms with E-state index in [4.69, 9.17) is 5.11 Å². The summed E-state index contributed by atoms with van der Waals surface area (Å²) >= 11 is 0. The lowest BCUT2D eigenvalue weighted by atomic mass is 10.1. The van der Waals surface area contributed by atoms with Gasteiger partial charge in [0.25, 0.3) is 5.56 Å².